The number of anilines is 1. The number of aromatic hydroxyl groups is 1. The minimum Gasteiger partial charge on any atom is -0.504 e. The summed E-state index contributed by atoms with van der Waals surface area (Å²) in [5.74, 6) is 1.20. The maximum Gasteiger partial charge on any atom is 0.181 e. The quantitative estimate of drug-likeness (QED) is 0.606. The smallest absolute Gasteiger partial charge is 0.181 e. The zero-order valence-corrected chi connectivity index (χ0v) is 13.3. The molecular formula is C18H16N4O2. The monoisotopic (exact) mass is 320 g/mol. The van der Waals surface area contributed by atoms with E-state index in [1.165, 1.54) is 7.11 Å². The summed E-state index contributed by atoms with van der Waals surface area (Å²) in [6.45, 7) is 0. The van der Waals surface area contributed by atoms with Gasteiger partial charge >= 0.3 is 0 Å². The van der Waals surface area contributed by atoms with Gasteiger partial charge in [-0.25, -0.2) is 9.97 Å². The lowest BCUT2D eigenvalue weighted by Gasteiger charge is -2.11. The van der Waals surface area contributed by atoms with Gasteiger partial charge in [0.2, 0.25) is 0 Å². The van der Waals surface area contributed by atoms with E-state index in [1.54, 1.807) is 12.3 Å². The van der Waals surface area contributed by atoms with Gasteiger partial charge in [-0.2, -0.15) is 0 Å². The predicted octanol–water partition coefficient (Wildman–Crippen LogP) is 3.31. The molecule has 0 bridgehead atoms. The van der Waals surface area contributed by atoms with Crippen molar-refractivity contribution in [2.24, 2.45) is 0 Å². The molecule has 0 saturated heterocycles. The van der Waals surface area contributed by atoms with Gasteiger partial charge in [-0.3, -0.25) is 4.40 Å². The van der Waals surface area contributed by atoms with Crippen LogP contribution in [0.1, 0.15) is 0 Å². The number of hydrogen-bond acceptors (Lipinski definition) is 5. The van der Waals surface area contributed by atoms with Crippen LogP contribution in [0.3, 0.4) is 0 Å². The summed E-state index contributed by atoms with van der Waals surface area (Å²) >= 11 is 0. The third kappa shape index (κ3) is 1.96. The second kappa shape index (κ2) is 5.42. The number of benzene rings is 2. The second-order valence-electron chi connectivity index (χ2n) is 5.36. The normalized spacial score (nSPS) is 11.1. The molecule has 120 valence electrons. The highest BCUT2D eigenvalue weighted by Gasteiger charge is 2.17. The Balaban J connectivity index is 2.13. The molecule has 0 aliphatic carbocycles. The fraction of sp³-hybridized carbons (Fsp3) is 0.111. The average molecular weight is 320 g/mol. The molecule has 0 fully saturated rings. The van der Waals surface area contributed by atoms with E-state index in [4.69, 9.17) is 4.74 Å². The SMILES string of the molecule is CNc1nc2ccccc2n2c(-c3cccc(OC)c3O)cnc12. The van der Waals surface area contributed by atoms with Crippen LogP contribution in [0.15, 0.2) is 48.7 Å². The van der Waals surface area contributed by atoms with Crippen molar-refractivity contribution in [3.63, 3.8) is 0 Å². The Bertz CT molecular complexity index is 1060. The number of nitrogens with zero attached hydrogens (tertiary/aromatic N) is 3. The largest absolute Gasteiger partial charge is 0.504 e. The highest BCUT2D eigenvalue weighted by Crippen LogP contribution is 2.38. The number of aromatic nitrogens is 3. The standard InChI is InChI=1S/C18H16N4O2/c1-19-17-18-20-10-14(11-6-5-9-15(24-2)16(11)23)22(18)13-8-4-3-7-12(13)21-17/h3-10,23H,1-2H3,(H,19,21). The maximum absolute atomic E-state index is 10.5. The van der Waals surface area contributed by atoms with Crippen molar-refractivity contribution in [1.82, 2.24) is 14.4 Å². The molecular weight excluding hydrogens is 304 g/mol. The number of para-hydroxylation sites is 3. The number of imidazole rings is 1. The molecule has 0 amide bonds. The van der Waals surface area contributed by atoms with Crippen molar-refractivity contribution in [3.05, 3.63) is 48.7 Å². The van der Waals surface area contributed by atoms with Gasteiger partial charge in [-0.05, 0) is 24.3 Å². The Morgan fingerprint density at radius 2 is 1.96 bits per heavy atom. The third-order valence-corrected chi connectivity index (χ3v) is 4.06. The summed E-state index contributed by atoms with van der Waals surface area (Å²) in [6, 6.07) is 13.2. The van der Waals surface area contributed by atoms with Crippen LogP contribution < -0.4 is 10.1 Å². The second-order valence-corrected chi connectivity index (χ2v) is 5.36. The number of phenols is 1. The first-order valence-corrected chi connectivity index (χ1v) is 7.55. The lowest BCUT2D eigenvalue weighted by atomic mass is 10.1. The topological polar surface area (TPSA) is 71.7 Å². The lowest BCUT2D eigenvalue weighted by Crippen LogP contribution is -2.00. The van der Waals surface area contributed by atoms with Crippen molar-refractivity contribution in [3.8, 4) is 22.8 Å². The first-order valence-electron chi connectivity index (χ1n) is 7.55. The molecule has 0 aliphatic heterocycles. The van der Waals surface area contributed by atoms with E-state index in [9.17, 15) is 5.11 Å². The van der Waals surface area contributed by atoms with Gasteiger partial charge in [0.15, 0.2) is 23.0 Å². The van der Waals surface area contributed by atoms with E-state index in [-0.39, 0.29) is 5.75 Å². The van der Waals surface area contributed by atoms with Gasteiger partial charge in [0.1, 0.15) is 0 Å². The van der Waals surface area contributed by atoms with E-state index in [0.717, 1.165) is 16.7 Å². The van der Waals surface area contributed by atoms with E-state index in [1.807, 2.05) is 47.8 Å². The Morgan fingerprint density at radius 1 is 1.12 bits per heavy atom. The van der Waals surface area contributed by atoms with E-state index < -0.39 is 0 Å². The van der Waals surface area contributed by atoms with Gasteiger partial charge in [0.25, 0.3) is 0 Å². The number of hydrogen-bond donors (Lipinski definition) is 2. The van der Waals surface area contributed by atoms with Crippen LogP contribution >= 0.6 is 0 Å². The average Bonchev–Trinajstić information content (AvgIpc) is 3.06. The molecule has 4 aromatic rings. The molecule has 6 heteroatoms. The first-order chi connectivity index (χ1) is 11.7. The summed E-state index contributed by atoms with van der Waals surface area (Å²) < 4.78 is 7.21. The summed E-state index contributed by atoms with van der Waals surface area (Å²) in [7, 11) is 3.35. The number of phenolic OH excluding ortho intramolecular Hbond substituents is 1. The molecule has 0 spiro atoms. The molecule has 2 N–H and O–H groups in total. The lowest BCUT2D eigenvalue weighted by molar-refractivity contribution is 0.374. The minimum absolute atomic E-state index is 0.0914. The molecule has 24 heavy (non-hydrogen) atoms. The molecule has 0 atom stereocenters. The fourth-order valence-electron chi connectivity index (χ4n) is 2.93. The third-order valence-electron chi connectivity index (χ3n) is 4.06. The van der Waals surface area contributed by atoms with Crippen LogP contribution in [0.4, 0.5) is 5.82 Å². The summed E-state index contributed by atoms with van der Waals surface area (Å²) in [5, 5.41) is 13.6. The molecule has 2 aromatic carbocycles. The van der Waals surface area contributed by atoms with Gasteiger partial charge in [-0.1, -0.05) is 18.2 Å². The summed E-state index contributed by atoms with van der Waals surface area (Å²) in [6.07, 6.45) is 1.73. The number of fused-ring (bicyclic) bond motifs is 3. The summed E-state index contributed by atoms with van der Waals surface area (Å²) in [4.78, 5) is 9.10. The Kier molecular flexibility index (Phi) is 3.23. The van der Waals surface area contributed by atoms with Gasteiger partial charge < -0.3 is 15.2 Å². The van der Waals surface area contributed by atoms with Crippen molar-refractivity contribution >= 4 is 22.5 Å². The van der Waals surface area contributed by atoms with Gasteiger partial charge in [0, 0.05) is 12.6 Å². The number of methoxy groups -OCH3 is 1. The van der Waals surface area contributed by atoms with Crippen LogP contribution in [0.25, 0.3) is 27.9 Å². The van der Waals surface area contributed by atoms with Gasteiger partial charge in [-0.15, -0.1) is 0 Å². The van der Waals surface area contributed by atoms with Crippen molar-refractivity contribution in [2.45, 2.75) is 0 Å². The molecule has 2 heterocycles. The van der Waals surface area contributed by atoms with Crippen LogP contribution in [0.5, 0.6) is 11.5 Å². The van der Waals surface area contributed by atoms with E-state index in [2.05, 4.69) is 15.3 Å². The Morgan fingerprint density at radius 3 is 2.75 bits per heavy atom. The zero-order chi connectivity index (χ0) is 16.7. The highest BCUT2D eigenvalue weighted by molar-refractivity contribution is 5.87. The molecule has 0 aliphatic rings. The molecule has 4 rings (SSSR count). The number of nitrogens with one attached hydrogen (secondary N) is 1. The number of rotatable bonds is 3. The van der Waals surface area contributed by atoms with Crippen molar-refractivity contribution in [2.75, 3.05) is 19.5 Å². The van der Waals surface area contributed by atoms with Crippen molar-refractivity contribution in [1.29, 1.82) is 0 Å². The molecule has 0 saturated carbocycles. The molecule has 2 aromatic heterocycles. The van der Waals surface area contributed by atoms with Crippen LogP contribution in [-0.4, -0.2) is 33.6 Å². The summed E-state index contributed by atoms with van der Waals surface area (Å²) in [5.41, 5.74) is 3.89. The molecule has 6 nitrogen and oxygen atoms in total. The van der Waals surface area contributed by atoms with E-state index >= 15 is 0 Å². The highest BCUT2D eigenvalue weighted by atomic mass is 16.5. The maximum atomic E-state index is 10.5. The van der Waals surface area contributed by atoms with Crippen LogP contribution in [0.2, 0.25) is 0 Å². The molecule has 0 unspecified atom stereocenters. The zero-order valence-electron chi connectivity index (χ0n) is 13.3. The minimum atomic E-state index is 0.0914. The van der Waals surface area contributed by atoms with Crippen LogP contribution in [0, 0.1) is 0 Å². The Labute approximate surface area is 138 Å². The Hall–Kier alpha value is -3.28. The number of ether oxygens (including phenoxy) is 1. The van der Waals surface area contributed by atoms with Gasteiger partial charge in [0.05, 0.1) is 30.0 Å². The van der Waals surface area contributed by atoms with E-state index in [0.29, 0.717) is 22.8 Å². The van der Waals surface area contributed by atoms with Crippen LogP contribution in [-0.2, 0) is 0 Å². The predicted molar refractivity (Wildman–Crippen MR) is 93.7 cm³/mol. The fourth-order valence-corrected chi connectivity index (χ4v) is 2.93. The molecule has 0 radical (unpaired) electrons. The van der Waals surface area contributed by atoms with Crippen molar-refractivity contribution < 1.29 is 9.84 Å². The first kappa shape index (κ1) is 14.3.